The highest BCUT2D eigenvalue weighted by Crippen LogP contribution is 1.88. The molecule has 0 amide bonds. The smallest absolute Gasteiger partial charge is 0.205 e. The van der Waals surface area contributed by atoms with Crippen molar-refractivity contribution < 1.29 is 0 Å². The topological polar surface area (TPSA) is 65.7 Å². The highest BCUT2D eigenvalue weighted by molar-refractivity contribution is 5.79. The lowest BCUT2D eigenvalue weighted by Crippen LogP contribution is -2.42. The third kappa shape index (κ3) is 9.49. The maximum absolute atomic E-state index is 5.32. The lowest BCUT2D eigenvalue weighted by molar-refractivity contribution is 0.394. The molecule has 0 aromatic heterocycles. The van der Waals surface area contributed by atoms with Crippen LogP contribution in [0.2, 0.25) is 0 Å². The van der Waals surface area contributed by atoms with Crippen LogP contribution >= 0.6 is 0 Å². The van der Waals surface area contributed by atoms with Crippen LogP contribution in [0.4, 0.5) is 0 Å². The van der Waals surface area contributed by atoms with E-state index in [1.54, 1.807) is 0 Å². The van der Waals surface area contributed by atoms with Gasteiger partial charge in [0.25, 0.3) is 0 Å². The number of hydrogen-bond donors (Lipinski definition) is 3. The maximum atomic E-state index is 5.32. The molecule has 0 aromatic rings. The molecular weight excluding hydrogens is 190 g/mol. The number of nitrogens with zero attached hydrogens (tertiary/aromatic N) is 2. The first kappa shape index (κ1) is 14.2. The summed E-state index contributed by atoms with van der Waals surface area (Å²) in [6, 6.07) is 0. The largest absolute Gasteiger partial charge is 0.355 e. The van der Waals surface area contributed by atoms with Crippen LogP contribution in [0, 0.1) is 0 Å². The van der Waals surface area contributed by atoms with Crippen molar-refractivity contribution >= 4 is 5.96 Å². The van der Waals surface area contributed by atoms with Crippen molar-refractivity contribution in [3.63, 3.8) is 0 Å². The summed E-state index contributed by atoms with van der Waals surface area (Å²) in [4.78, 5) is 6.44. The third-order valence-electron chi connectivity index (χ3n) is 1.95. The van der Waals surface area contributed by atoms with Crippen LogP contribution in [0.1, 0.15) is 26.2 Å². The highest BCUT2D eigenvalue weighted by atomic mass is 15.3. The molecule has 0 saturated heterocycles. The first-order valence-corrected chi connectivity index (χ1v) is 5.60. The fourth-order valence-corrected chi connectivity index (χ4v) is 1.14. The van der Waals surface area contributed by atoms with Gasteiger partial charge in [0.15, 0.2) is 0 Å². The van der Waals surface area contributed by atoms with Crippen LogP contribution in [-0.2, 0) is 0 Å². The van der Waals surface area contributed by atoms with Gasteiger partial charge >= 0.3 is 0 Å². The van der Waals surface area contributed by atoms with Crippen LogP contribution < -0.4 is 16.6 Å². The van der Waals surface area contributed by atoms with Gasteiger partial charge in [-0.15, -0.1) is 0 Å². The van der Waals surface area contributed by atoms with Gasteiger partial charge in [-0.3, -0.25) is 10.4 Å². The van der Waals surface area contributed by atoms with Crippen molar-refractivity contribution in [3.05, 3.63) is 0 Å². The zero-order valence-corrected chi connectivity index (χ0v) is 10.2. The number of nitrogens with two attached hydrogens (primary N) is 1. The van der Waals surface area contributed by atoms with Crippen molar-refractivity contribution in [2.45, 2.75) is 26.2 Å². The van der Waals surface area contributed by atoms with Gasteiger partial charge in [-0.2, -0.15) is 0 Å². The van der Waals surface area contributed by atoms with E-state index in [2.05, 4.69) is 41.7 Å². The second-order valence-corrected chi connectivity index (χ2v) is 3.81. The molecule has 0 radical (unpaired) electrons. The average Bonchev–Trinajstić information content (AvgIpc) is 2.21. The van der Waals surface area contributed by atoms with E-state index < -0.39 is 0 Å². The van der Waals surface area contributed by atoms with Crippen LogP contribution in [0.25, 0.3) is 0 Å². The van der Waals surface area contributed by atoms with Gasteiger partial charge < -0.3 is 10.2 Å². The number of unbranched alkanes of at least 4 members (excludes halogenated alkanes) is 1. The third-order valence-corrected chi connectivity index (χ3v) is 1.95. The summed E-state index contributed by atoms with van der Waals surface area (Å²) in [7, 11) is 4.17. The van der Waals surface area contributed by atoms with Gasteiger partial charge in [0.05, 0.1) is 0 Å². The van der Waals surface area contributed by atoms with Crippen molar-refractivity contribution in [1.82, 2.24) is 15.6 Å². The van der Waals surface area contributed by atoms with E-state index in [0.29, 0.717) is 5.96 Å². The van der Waals surface area contributed by atoms with Crippen LogP contribution in [-0.4, -0.2) is 44.6 Å². The molecule has 0 aliphatic heterocycles. The Morgan fingerprint density at radius 2 is 2.07 bits per heavy atom. The van der Waals surface area contributed by atoms with E-state index in [1.165, 1.54) is 6.42 Å². The second-order valence-electron chi connectivity index (χ2n) is 3.81. The standard InChI is InChI=1S/C10H25N5/c1-4-7-12-10(14-11)13-8-5-6-9-15(2)3/h4-9,11H2,1-3H3,(H2,12,13,14). The summed E-state index contributed by atoms with van der Waals surface area (Å²) in [6.45, 7) is 4.94. The minimum Gasteiger partial charge on any atom is -0.355 e. The molecule has 0 aliphatic rings. The van der Waals surface area contributed by atoms with Crippen molar-refractivity contribution in [3.8, 4) is 0 Å². The van der Waals surface area contributed by atoms with Crippen molar-refractivity contribution in [1.29, 1.82) is 0 Å². The fourth-order valence-electron chi connectivity index (χ4n) is 1.14. The molecule has 0 aliphatic carbocycles. The molecule has 0 spiro atoms. The number of aliphatic imine (C=N–C) groups is 1. The summed E-state index contributed by atoms with van der Waals surface area (Å²) in [5.41, 5.74) is 2.57. The number of nitrogens with one attached hydrogen (secondary N) is 2. The van der Waals surface area contributed by atoms with Gasteiger partial charge in [-0.25, -0.2) is 5.84 Å². The molecule has 4 N–H and O–H groups in total. The molecule has 0 unspecified atom stereocenters. The van der Waals surface area contributed by atoms with Crippen LogP contribution in [0.15, 0.2) is 4.99 Å². The number of rotatable bonds is 7. The molecule has 5 nitrogen and oxygen atoms in total. The molecule has 90 valence electrons. The lowest BCUT2D eigenvalue weighted by Gasteiger charge is -2.11. The Balaban J connectivity index is 3.46. The van der Waals surface area contributed by atoms with Crippen LogP contribution in [0.5, 0.6) is 0 Å². The second kappa shape index (κ2) is 9.73. The first-order valence-electron chi connectivity index (χ1n) is 5.60. The van der Waals surface area contributed by atoms with Crippen molar-refractivity contribution in [2.75, 3.05) is 33.7 Å². The number of guanidine groups is 1. The van der Waals surface area contributed by atoms with Gasteiger partial charge in [0.1, 0.15) is 0 Å². The minimum atomic E-state index is 0.696. The van der Waals surface area contributed by atoms with E-state index in [-0.39, 0.29) is 0 Å². The summed E-state index contributed by atoms with van der Waals surface area (Å²) in [5.74, 6) is 6.02. The summed E-state index contributed by atoms with van der Waals surface area (Å²) in [6.07, 6.45) is 3.35. The zero-order valence-electron chi connectivity index (χ0n) is 10.2. The van der Waals surface area contributed by atoms with Gasteiger partial charge in [-0.05, 0) is 39.9 Å². The highest BCUT2D eigenvalue weighted by Gasteiger charge is 1.95. The molecule has 15 heavy (non-hydrogen) atoms. The summed E-state index contributed by atoms with van der Waals surface area (Å²) < 4.78 is 0. The van der Waals surface area contributed by atoms with E-state index in [1.807, 2.05) is 0 Å². The predicted octanol–water partition coefficient (Wildman–Crippen LogP) is 0.147. The zero-order chi connectivity index (χ0) is 11.5. The minimum absolute atomic E-state index is 0.696. The molecule has 0 saturated carbocycles. The molecule has 5 heteroatoms. The Kier molecular flexibility index (Phi) is 9.21. The number of hydrogen-bond acceptors (Lipinski definition) is 3. The molecular formula is C10H25N5. The average molecular weight is 215 g/mol. The lowest BCUT2D eigenvalue weighted by atomic mass is 10.3. The van der Waals surface area contributed by atoms with E-state index in [4.69, 9.17) is 5.84 Å². The fraction of sp³-hybridized carbons (Fsp3) is 0.900. The molecule has 0 bridgehead atoms. The predicted molar refractivity (Wildman–Crippen MR) is 65.7 cm³/mol. The number of hydrazine groups is 1. The Labute approximate surface area is 93.1 Å². The molecule has 0 heterocycles. The molecule has 0 fully saturated rings. The monoisotopic (exact) mass is 215 g/mol. The Hall–Kier alpha value is -0.810. The Bertz CT molecular complexity index is 167. The quantitative estimate of drug-likeness (QED) is 0.186. The van der Waals surface area contributed by atoms with Gasteiger partial charge in [-0.1, -0.05) is 6.92 Å². The van der Waals surface area contributed by atoms with Crippen LogP contribution in [0.3, 0.4) is 0 Å². The normalized spacial score (nSPS) is 11.9. The first-order chi connectivity index (χ1) is 7.20. The molecule has 0 atom stereocenters. The molecule has 0 rings (SSSR count). The Morgan fingerprint density at radius 1 is 1.33 bits per heavy atom. The summed E-state index contributed by atoms with van der Waals surface area (Å²) in [5, 5.41) is 3.17. The SMILES string of the molecule is CCCN=C(NN)NCCCCN(C)C. The van der Waals surface area contributed by atoms with Gasteiger partial charge in [0, 0.05) is 13.1 Å². The van der Waals surface area contributed by atoms with E-state index >= 15 is 0 Å². The van der Waals surface area contributed by atoms with E-state index in [0.717, 1.165) is 32.5 Å². The Morgan fingerprint density at radius 3 is 2.60 bits per heavy atom. The van der Waals surface area contributed by atoms with E-state index in [9.17, 15) is 0 Å². The maximum Gasteiger partial charge on any atom is 0.205 e. The summed E-state index contributed by atoms with van der Waals surface area (Å²) >= 11 is 0. The van der Waals surface area contributed by atoms with Gasteiger partial charge in [0.2, 0.25) is 5.96 Å². The van der Waals surface area contributed by atoms with Crippen molar-refractivity contribution in [2.24, 2.45) is 10.8 Å². The molecule has 0 aromatic carbocycles.